The molecule has 2 heterocycles. The maximum absolute atomic E-state index is 3.31. The smallest absolute Gasteiger partial charge is 0.0506 e. The summed E-state index contributed by atoms with van der Waals surface area (Å²) in [5.41, 5.74) is 2.10. The second kappa shape index (κ2) is 7.12. The van der Waals surface area contributed by atoms with Gasteiger partial charge in [0, 0.05) is 26.2 Å². The Morgan fingerprint density at radius 2 is 1.95 bits per heavy atom. The quantitative estimate of drug-likeness (QED) is 0.835. The second-order valence-corrected chi connectivity index (χ2v) is 7.31. The van der Waals surface area contributed by atoms with Crippen LogP contribution in [0.25, 0.3) is 0 Å². The van der Waals surface area contributed by atoms with Gasteiger partial charge in [-0.15, -0.1) is 0 Å². The predicted octanol–water partition coefficient (Wildman–Crippen LogP) is 2.75. The lowest BCUT2D eigenvalue weighted by Gasteiger charge is -2.51. The lowest BCUT2D eigenvalue weighted by molar-refractivity contribution is -0.0391. The van der Waals surface area contributed by atoms with Crippen molar-refractivity contribution in [3.8, 4) is 0 Å². The number of rotatable bonds is 7. The highest BCUT2D eigenvalue weighted by molar-refractivity contribution is 5.21. The Hall–Kier alpha value is -0.900. The van der Waals surface area contributed by atoms with Crippen LogP contribution in [-0.4, -0.2) is 56.2 Å². The van der Waals surface area contributed by atoms with Crippen LogP contribution in [0.5, 0.6) is 0 Å². The molecule has 2 fully saturated rings. The molecule has 1 aromatic carbocycles. The summed E-state index contributed by atoms with van der Waals surface area (Å²) in [6, 6.07) is 11.0. The van der Waals surface area contributed by atoms with Crippen molar-refractivity contribution >= 4 is 0 Å². The van der Waals surface area contributed by atoms with Crippen molar-refractivity contribution < 1.29 is 0 Å². The van der Waals surface area contributed by atoms with Gasteiger partial charge in [0.15, 0.2) is 0 Å². The van der Waals surface area contributed by atoms with Gasteiger partial charge in [-0.1, -0.05) is 37.3 Å². The lowest BCUT2D eigenvalue weighted by atomic mass is 9.75. The first-order valence-electron chi connectivity index (χ1n) is 8.89. The van der Waals surface area contributed by atoms with Gasteiger partial charge in [0.2, 0.25) is 0 Å². The molecule has 2 aliphatic heterocycles. The van der Waals surface area contributed by atoms with Crippen LogP contribution in [-0.2, 0) is 0 Å². The monoisotopic (exact) mass is 301 g/mol. The molecule has 122 valence electrons. The van der Waals surface area contributed by atoms with Gasteiger partial charge in [0.25, 0.3) is 0 Å². The average molecular weight is 301 g/mol. The number of likely N-dealkylation sites (tertiary alicyclic amines) is 2. The fourth-order valence-electron chi connectivity index (χ4n) is 4.19. The van der Waals surface area contributed by atoms with Crippen molar-refractivity contribution in [3.05, 3.63) is 35.9 Å². The van der Waals surface area contributed by atoms with Crippen LogP contribution in [0.2, 0.25) is 0 Å². The van der Waals surface area contributed by atoms with Crippen LogP contribution < -0.4 is 5.32 Å². The van der Waals surface area contributed by atoms with Crippen LogP contribution >= 0.6 is 0 Å². The van der Waals surface area contributed by atoms with Gasteiger partial charge in [0.1, 0.15) is 0 Å². The van der Waals surface area contributed by atoms with Crippen molar-refractivity contribution in [1.29, 1.82) is 0 Å². The van der Waals surface area contributed by atoms with Crippen LogP contribution in [0.4, 0.5) is 0 Å². The van der Waals surface area contributed by atoms with Gasteiger partial charge >= 0.3 is 0 Å². The Balaban J connectivity index is 1.44. The maximum atomic E-state index is 3.31. The van der Waals surface area contributed by atoms with Crippen LogP contribution in [0, 0.1) is 5.41 Å². The van der Waals surface area contributed by atoms with Gasteiger partial charge in [-0.05, 0) is 49.8 Å². The predicted molar refractivity (Wildman–Crippen MR) is 93.1 cm³/mol. The third-order valence-corrected chi connectivity index (χ3v) is 5.72. The largest absolute Gasteiger partial charge is 0.320 e. The lowest BCUT2D eigenvalue weighted by Crippen LogP contribution is -2.59. The van der Waals surface area contributed by atoms with Gasteiger partial charge < -0.3 is 5.32 Å². The van der Waals surface area contributed by atoms with E-state index >= 15 is 0 Å². The molecule has 0 radical (unpaired) electrons. The van der Waals surface area contributed by atoms with E-state index in [1.54, 1.807) is 0 Å². The standard InChI is InChI=1S/C19H31N3/c1-3-19(10-11-20-2)14-22(15-19)16-21-12-9-18(13-21)17-7-5-4-6-8-17/h4-8,18,20H,3,9-16H2,1-2H3. The molecule has 0 spiro atoms. The van der Waals surface area contributed by atoms with Crippen molar-refractivity contribution in [2.45, 2.75) is 32.1 Å². The molecule has 1 aromatic rings. The third-order valence-electron chi connectivity index (χ3n) is 5.72. The molecular formula is C19H31N3. The van der Waals surface area contributed by atoms with Gasteiger partial charge in [0.05, 0.1) is 6.67 Å². The van der Waals surface area contributed by atoms with E-state index in [4.69, 9.17) is 0 Å². The number of hydrogen-bond acceptors (Lipinski definition) is 3. The molecule has 22 heavy (non-hydrogen) atoms. The van der Waals surface area contributed by atoms with E-state index in [0.717, 1.165) is 12.5 Å². The molecule has 1 N–H and O–H groups in total. The molecule has 3 heteroatoms. The van der Waals surface area contributed by atoms with E-state index in [0.29, 0.717) is 5.41 Å². The van der Waals surface area contributed by atoms with E-state index in [2.05, 4.69) is 59.4 Å². The maximum Gasteiger partial charge on any atom is 0.0506 e. The molecule has 3 nitrogen and oxygen atoms in total. The van der Waals surface area contributed by atoms with Crippen molar-refractivity contribution in [2.24, 2.45) is 5.41 Å². The van der Waals surface area contributed by atoms with E-state index in [-0.39, 0.29) is 0 Å². The molecule has 0 aliphatic carbocycles. The highest BCUT2D eigenvalue weighted by Gasteiger charge is 2.41. The van der Waals surface area contributed by atoms with Crippen LogP contribution in [0.3, 0.4) is 0 Å². The Kier molecular flexibility index (Phi) is 5.17. The van der Waals surface area contributed by atoms with E-state index in [1.807, 2.05) is 0 Å². The molecule has 0 saturated carbocycles. The molecule has 3 rings (SSSR count). The number of nitrogens with one attached hydrogen (secondary N) is 1. The minimum atomic E-state index is 0.585. The van der Waals surface area contributed by atoms with E-state index in [1.165, 1.54) is 57.7 Å². The van der Waals surface area contributed by atoms with E-state index < -0.39 is 0 Å². The van der Waals surface area contributed by atoms with Crippen molar-refractivity contribution in [1.82, 2.24) is 15.1 Å². The molecule has 0 aromatic heterocycles. The number of nitrogens with zero attached hydrogens (tertiary/aromatic N) is 2. The first-order chi connectivity index (χ1) is 10.7. The molecule has 1 atom stereocenters. The zero-order valence-corrected chi connectivity index (χ0v) is 14.2. The number of benzene rings is 1. The van der Waals surface area contributed by atoms with Gasteiger partial charge in [-0.25, -0.2) is 0 Å². The summed E-state index contributed by atoms with van der Waals surface area (Å²) >= 11 is 0. The SMILES string of the molecule is CCC1(CCNC)CN(CN2CCC(c3ccccc3)C2)C1. The second-order valence-electron chi connectivity index (χ2n) is 7.31. The van der Waals surface area contributed by atoms with Gasteiger partial charge in [-0.3, -0.25) is 9.80 Å². The fourth-order valence-corrected chi connectivity index (χ4v) is 4.19. The minimum absolute atomic E-state index is 0.585. The fraction of sp³-hybridized carbons (Fsp3) is 0.684. The van der Waals surface area contributed by atoms with Crippen LogP contribution in [0.1, 0.15) is 37.7 Å². The minimum Gasteiger partial charge on any atom is -0.320 e. The summed E-state index contributed by atoms with van der Waals surface area (Å²) in [6.45, 7) is 9.75. The molecule has 0 bridgehead atoms. The summed E-state index contributed by atoms with van der Waals surface area (Å²) < 4.78 is 0. The van der Waals surface area contributed by atoms with E-state index in [9.17, 15) is 0 Å². The summed E-state index contributed by atoms with van der Waals surface area (Å²) in [7, 11) is 2.06. The highest BCUT2D eigenvalue weighted by atomic mass is 15.4. The third kappa shape index (κ3) is 3.53. The van der Waals surface area contributed by atoms with Crippen molar-refractivity contribution in [3.63, 3.8) is 0 Å². The van der Waals surface area contributed by atoms with Crippen molar-refractivity contribution in [2.75, 3.05) is 46.4 Å². The average Bonchev–Trinajstić information content (AvgIpc) is 2.99. The van der Waals surface area contributed by atoms with Gasteiger partial charge in [-0.2, -0.15) is 0 Å². The Labute approximate surface area is 135 Å². The summed E-state index contributed by atoms with van der Waals surface area (Å²) in [4.78, 5) is 5.29. The normalized spacial score (nSPS) is 25.3. The van der Waals surface area contributed by atoms with Crippen LogP contribution in [0.15, 0.2) is 30.3 Å². The molecule has 0 amide bonds. The molecular weight excluding hydrogens is 270 g/mol. The summed E-state index contributed by atoms with van der Waals surface area (Å²) in [5, 5.41) is 3.31. The first kappa shape index (κ1) is 16.0. The molecule has 1 unspecified atom stereocenters. The Bertz CT molecular complexity index is 453. The zero-order valence-electron chi connectivity index (χ0n) is 14.2. The summed E-state index contributed by atoms with van der Waals surface area (Å²) in [6.07, 6.45) is 3.96. The topological polar surface area (TPSA) is 18.5 Å². The Morgan fingerprint density at radius 3 is 2.64 bits per heavy atom. The molecule has 2 saturated heterocycles. The Morgan fingerprint density at radius 1 is 1.18 bits per heavy atom. The number of hydrogen-bond donors (Lipinski definition) is 1. The first-order valence-corrected chi connectivity index (χ1v) is 8.89. The highest BCUT2D eigenvalue weighted by Crippen LogP contribution is 2.37. The summed E-state index contributed by atoms with van der Waals surface area (Å²) in [5.74, 6) is 0.739. The molecule has 2 aliphatic rings. The zero-order chi connectivity index (χ0) is 15.4.